The summed E-state index contributed by atoms with van der Waals surface area (Å²) in [5.41, 5.74) is -0.231. The van der Waals surface area contributed by atoms with Gasteiger partial charge in [-0.15, -0.1) is 0 Å². The van der Waals surface area contributed by atoms with E-state index in [2.05, 4.69) is 43.6 Å². The zero-order valence-corrected chi connectivity index (χ0v) is 34.4. The van der Waals surface area contributed by atoms with E-state index < -0.39 is 11.2 Å². The lowest BCUT2D eigenvalue weighted by molar-refractivity contribution is -0.134. The number of alkyl halides is 1. The Hall–Kier alpha value is -0.300. The molecule has 3 N–H and O–H groups in total. The molecule has 0 aliphatic heterocycles. The van der Waals surface area contributed by atoms with Crippen molar-refractivity contribution in [2.24, 2.45) is 106 Å². The Morgan fingerprint density at radius 2 is 0.961 bits per heavy atom. The van der Waals surface area contributed by atoms with Crippen molar-refractivity contribution in [3.8, 4) is 0 Å². The first kappa shape index (κ1) is 37.6. The summed E-state index contributed by atoms with van der Waals surface area (Å²) < 4.78 is 0. The Labute approximate surface area is 317 Å². The third-order valence-electron chi connectivity index (χ3n) is 19.0. The molecule has 288 valence electrons. The van der Waals surface area contributed by atoms with Crippen LogP contribution in [-0.4, -0.2) is 50.5 Å². The van der Waals surface area contributed by atoms with E-state index >= 15 is 0 Å². The maximum absolute atomic E-state index is 12.7. The van der Waals surface area contributed by atoms with E-state index in [-0.39, 0.29) is 5.41 Å². The van der Waals surface area contributed by atoms with Crippen molar-refractivity contribution in [2.45, 2.75) is 149 Å². The number of carbonyl (C=O) groups excluding carboxylic acids is 2. The predicted molar refractivity (Wildman–Crippen MR) is 205 cm³/mol. The minimum Gasteiger partial charge on any atom is -0.400 e. The molecule has 0 aromatic heterocycles. The summed E-state index contributed by atoms with van der Waals surface area (Å²) in [4.78, 5) is 25.1. The minimum atomic E-state index is -0.417. The summed E-state index contributed by atoms with van der Waals surface area (Å²) >= 11 is 3.46. The molecule has 10 rings (SSSR count). The normalized spacial score (nSPS) is 58.1. The van der Waals surface area contributed by atoms with Gasteiger partial charge in [0.25, 0.3) is 0 Å². The van der Waals surface area contributed by atoms with Crippen molar-refractivity contribution in [1.29, 1.82) is 0 Å². The number of fused-ring (bicyclic) bond motifs is 14. The first-order valence-corrected chi connectivity index (χ1v) is 22.8. The van der Waals surface area contributed by atoms with Gasteiger partial charge >= 0.3 is 0 Å². The SMILES string of the molecule is CC(=O)[C@H]1[C@H]2C[C@H]2[C@H]2[C@@H]3CC[C@@H]4C[C@](C)(O)CC[C@@H]4[C@H]3CC[C@@]21C.CO.C[C@@]1(O)CC[C@H]2[C@H](CC[C@@H]3[C@@H]2CC[C@@]2(C)[C@H]3[C@@H]3C[C@@H]3[C@@H]2C(=O)CBr)C1. The number of hydrogen-bond donors (Lipinski definition) is 3. The fourth-order valence-corrected chi connectivity index (χ4v) is 17.9. The first-order chi connectivity index (χ1) is 24.2. The fraction of sp³-hybridized carbons (Fsp3) is 0.956. The zero-order valence-electron chi connectivity index (χ0n) is 32.8. The molecular formula is C45H71BrO5. The van der Waals surface area contributed by atoms with E-state index in [1.165, 1.54) is 77.0 Å². The van der Waals surface area contributed by atoms with Crippen LogP contribution in [0.2, 0.25) is 0 Å². The second kappa shape index (κ2) is 13.1. The number of hydrogen-bond acceptors (Lipinski definition) is 5. The van der Waals surface area contributed by atoms with Crippen LogP contribution in [0.5, 0.6) is 0 Å². The molecule has 0 spiro atoms. The Kier molecular flexibility index (Phi) is 9.69. The summed E-state index contributed by atoms with van der Waals surface area (Å²) in [6, 6.07) is 0. The topological polar surface area (TPSA) is 94.8 Å². The molecule has 0 heterocycles. The summed E-state index contributed by atoms with van der Waals surface area (Å²) in [7, 11) is 1.00. The highest BCUT2D eigenvalue weighted by Gasteiger charge is 2.72. The molecule has 20 atom stereocenters. The van der Waals surface area contributed by atoms with E-state index in [1.807, 2.05) is 6.92 Å². The largest absolute Gasteiger partial charge is 0.400 e. The third-order valence-corrected chi connectivity index (χ3v) is 19.5. The van der Waals surface area contributed by atoms with Gasteiger partial charge in [-0.05, 0) is 217 Å². The van der Waals surface area contributed by atoms with Crippen LogP contribution in [0.4, 0.5) is 0 Å². The van der Waals surface area contributed by atoms with Crippen LogP contribution in [0, 0.1) is 106 Å². The van der Waals surface area contributed by atoms with E-state index in [0.29, 0.717) is 40.1 Å². The van der Waals surface area contributed by atoms with Gasteiger partial charge < -0.3 is 15.3 Å². The first-order valence-electron chi connectivity index (χ1n) is 21.7. The van der Waals surface area contributed by atoms with Crippen molar-refractivity contribution in [1.82, 2.24) is 0 Å². The molecule has 51 heavy (non-hydrogen) atoms. The van der Waals surface area contributed by atoms with Gasteiger partial charge in [0.15, 0.2) is 0 Å². The van der Waals surface area contributed by atoms with Crippen LogP contribution < -0.4 is 0 Å². The second-order valence-electron chi connectivity index (χ2n) is 21.6. The predicted octanol–water partition coefficient (Wildman–Crippen LogP) is 8.89. The Morgan fingerprint density at radius 3 is 1.39 bits per heavy atom. The van der Waals surface area contributed by atoms with E-state index in [0.717, 1.165) is 110 Å². The zero-order chi connectivity index (χ0) is 36.4. The Morgan fingerprint density at radius 1 is 0.549 bits per heavy atom. The smallest absolute Gasteiger partial charge is 0.147 e. The van der Waals surface area contributed by atoms with Gasteiger partial charge in [0.1, 0.15) is 11.6 Å². The highest BCUT2D eigenvalue weighted by atomic mass is 79.9. The van der Waals surface area contributed by atoms with Crippen LogP contribution in [0.15, 0.2) is 0 Å². The summed E-state index contributed by atoms with van der Waals surface area (Å²) in [5, 5.41) is 28.6. The highest BCUT2D eigenvalue weighted by molar-refractivity contribution is 9.09. The molecule has 0 unspecified atom stereocenters. The van der Waals surface area contributed by atoms with Gasteiger partial charge in [0, 0.05) is 18.9 Å². The van der Waals surface area contributed by atoms with Gasteiger partial charge in [0.05, 0.1) is 16.5 Å². The molecule has 0 saturated heterocycles. The van der Waals surface area contributed by atoms with Crippen LogP contribution in [0.3, 0.4) is 0 Å². The molecule has 10 saturated carbocycles. The number of rotatable bonds is 3. The molecule has 0 radical (unpaired) electrons. The van der Waals surface area contributed by atoms with Crippen LogP contribution in [0.25, 0.3) is 0 Å². The molecule has 10 aliphatic carbocycles. The van der Waals surface area contributed by atoms with Gasteiger partial charge in [-0.25, -0.2) is 0 Å². The minimum absolute atomic E-state index is 0.284. The molecule has 0 bridgehead atoms. The number of Topliss-reactive ketones (excluding diaryl/α,β-unsaturated/α-hetero) is 2. The quantitative estimate of drug-likeness (QED) is 0.250. The Bertz CT molecular complexity index is 1360. The van der Waals surface area contributed by atoms with Gasteiger partial charge in [-0.3, -0.25) is 9.59 Å². The molecule has 0 amide bonds. The molecule has 10 fully saturated rings. The standard InChI is InChI=1S/C22H33BrO2.C22H34O2.CH4O/c1-21(25)7-5-13-12(10-21)3-4-15-14(13)6-8-22(2)19(15)16-9-17(16)20(22)18(24)11-23;1-12(23)19-17-10-18(17)20-16-5-4-13-11-21(2,24)8-6-14(13)15(16)7-9-22(19,20)3;1-2/h12-17,19-20,25H,3-11H2,1-2H3;13-20,24H,4-11H2,1-3H3;2H,1H3/t12-,13+,14-,15-,16-,17+,19-,20-,21-,22+;13-,14+,15-,16-,17+,18-,19+,20-,21-,22-;/m11./s1. The number of aliphatic hydroxyl groups excluding tert-OH is 1. The fourth-order valence-electron chi connectivity index (χ4n) is 17.6. The average molecular weight is 772 g/mol. The highest BCUT2D eigenvalue weighted by Crippen LogP contribution is 2.76. The van der Waals surface area contributed by atoms with Crippen molar-refractivity contribution in [2.75, 3.05) is 12.4 Å². The average Bonchev–Trinajstić information content (AvgIpc) is 3.99. The monoisotopic (exact) mass is 770 g/mol. The number of carbonyl (C=O) groups is 2. The lowest BCUT2D eigenvalue weighted by Crippen LogP contribution is -2.52. The van der Waals surface area contributed by atoms with Crippen LogP contribution >= 0.6 is 15.9 Å². The van der Waals surface area contributed by atoms with Crippen molar-refractivity contribution in [3.05, 3.63) is 0 Å². The molecular weight excluding hydrogens is 700 g/mol. The number of ketones is 2. The Balaban J connectivity index is 0.000000140. The maximum Gasteiger partial charge on any atom is 0.147 e. The third kappa shape index (κ3) is 5.96. The van der Waals surface area contributed by atoms with E-state index in [1.54, 1.807) is 0 Å². The van der Waals surface area contributed by atoms with E-state index in [4.69, 9.17) is 5.11 Å². The van der Waals surface area contributed by atoms with E-state index in [9.17, 15) is 19.8 Å². The van der Waals surface area contributed by atoms with Gasteiger partial charge in [0.2, 0.25) is 0 Å². The molecule has 10 aliphatic rings. The van der Waals surface area contributed by atoms with Crippen LogP contribution in [-0.2, 0) is 9.59 Å². The molecule has 6 heteroatoms. The number of halogens is 1. The van der Waals surface area contributed by atoms with Crippen molar-refractivity contribution < 1.29 is 24.9 Å². The van der Waals surface area contributed by atoms with Crippen molar-refractivity contribution >= 4 is 27.5 Å². The molecule has 0 aromatic carbocycles. The van der Waals surface area contributed by atoms with Gasteiger partial charge in [-0.1, -0.05) is 29.8 Å². The maximum atomic E-state index is 12.7. The molecule has 0 aromatic rings. The summed E-state index contributed by atoms with van der Waals surface area (Å²) in [6.45, 7) is 10.9. The summed E-state index contributed by atoms with van der Waals surface area (Å²) in [6.07, 6.45) is 19.8. The lowest BCUT2D eigenvalue weighted by Gasteiger charge is -2.57. The number of aliphatic hydroxyl groups is 3. The molecule has 5 nitrogen and oxygen atoms in total. The van der Waals surface area contributed by atoms with Crippen molar-refractivity contribution in [3.63, 3.8) is 0 Å². The second-order valence-corrected chi connectivity index (χ2v) is 22.1. The van der Waals surface area contributed by atoms with Gasteiger partial charge in [-0.2, -0.15) is 0 Å². The summed E-state index contributed by atoms with van der Waals surface area (Å²) in [5.74, 6) is 13.3. The lowest BCUT2D eigenvalue weighted by atomic mass is 9.48. The van der Waals surface area contributed by atoms with Crippen LogP contribution in [0.1, 0.15) is 137 Å².